The second-order valence-corrected chi connectivity index (χ2v) is 6.12. The van der Waals surface area contributed by atoms with Crippen molar-refractivity contribution in [1.29, 1.82) is 0 Å². The van der Waals surface area contributed by atoms with Crippen LogP contribution in [0.4, 0.5) is 17.6 Å². The first-order valence-electron chi connectivity index (χ1n) is 6.60. The van der Waals surface area contributed by atoms with Gasteiger partial charge in [-0.05, 0) is 37.5 Å². The Labute approximate surface area is 128 Å². The highest BCUT2D eigenvalue weighted by Crippen LogP contribution is 2.37. The van der Waals surface area contributed by atoms with Crippen LogP contribution in [0, 0.1) is 11.7 Å². The van der Waals surface area contributed by atoms with Crippen LogP contribution < -0.4 is 5.32 Å². The summed E-state index contributed by atoms with van der Waals surface area (Å²) < 4.78 is 52.3. The van der Waals surface area contributed by atoms with Crippen molar-refractivity contribution in [2.24, 2.45) is 5.92 Å². The summed E-state index contributed by atoms with van der Waals surface area (Å²) in [6.45, 7) is 0. The predicted molar refractivity (Wildman–Crippen MR) is 73.4 cm³/mol. The second kappa shape index (κ2) is 6.34. The van der Waals surface area contributed by atoms with Crippen LogP contribution in [0.5, 0.6) is 0 Å². The molecule has 1 aliphatic rings. The topological polar surface area (TPSA) is 29.1 Å². The van der Waals surface area contributed by atoms with Gasteiger partial charge in [0.2, 0.25) is 0 Å². The molecular formula is C14H14BrF4NO. The van der Waals surface area contributed by atoms with E-state index in [1.165, 1.54) is 12.1 Å². The maximum absolute atomic E-state index is 13.7. The maximum atomic E-state index is 13.7. The maximum Gasteiger partial charge on any atom is 0.391 e. The van der Waals surface area contributed by atoms with Crippen LogP contribution in [0.2, 0.25) is 0 Å². The first kappa shape index (κ1) is 16.3. The lowest BCUT2D eigenvalue weighted by atomic mass is 9.85. The summed E-state index contributed by atoms with van der Waals surface area (Å²) in [5.41, 5.74) is -0.160. The van der Waals surface area contributed by atoms with Crippen LogP contribution in [-0.4, -0.2) is 18.1 Å². The molecule has 1 amide bonds. The third-order valence-electron chi connectivity index (χ3n) is 3.65. The van der Waals surface area contributed by atoms with Gasteiger partial charge in [-0.15, -0.1) is 0 Å². The van der Waals surface area contributed by atoms with Gasteiger partial charge in [0.25, 0.3) is 5.91 Å². The van der Waals surface area contributed by atoms with Gasteiger partial charge >= 0.3 is 6.18 Å². The van der Waals surface area contributed by atoms with E-state index < -0.39 is 29.9 Å². The Morgan fingerprint density at radius 2 is 2.00 bits per heavy atom. The van der Waals surface area contributed by atoms with Crippen molar-refractivity contribution in [3.8, 4) is 0 Å². The number of alkyl halides is 3. The summed E-state index contributed by atoms with van der Waals surface area (Å²) >= 11 is 3.08. The molecule has 1 aliphatic carbocycles. The van der Waals surface area contributed by atoms with Gasteiger partial charge in [0.1, 0.15) is 5.82 Å². The lowest BCUT2D eigenvalue weighted by Crippen LogP contribution is -2.41. The molecule has 0 bridgehead atoms. The minimum atomic E-state index is -4.24. The number of rotatable bonds is 2. The Kier molecular flexibility index (Phi) is 4.91. The summed E-state index contributed by atoms with van der Waals surface area (Å²) in [7, 11) is 0. The highest BCUT2D eigenvalue weighted by molar-refractivity contribution is 9.10. The van der Waals surface area contributed by atoms with Crippen LogP contribution in [0.25, 0.3) is 0 Å². The monoisotopic (exact) mass is 367 g/mol. The highest BCUT2D eigenvalue weighted by atomic mass is 79.9. The summed E-state index contributed by atoms with van der Waals surface area (Å²) in [5.74, 6) is -2.77. The lowest BCUT2D eigenvalue weighted by Gasteiger charge is -2.31. The zero-order valence-electron chi connectivity index (χ0n) is 11.0. The Balaban J connectivity index is 2.02. The molecular weight excluding hydrogens is 354 g/mol. The number of amides is 1. The molecule has 1 aromatic carbocycles. The van der Waals surface area contributed by atoms with Crippen molar-refractivity contribution in [3.05, 3.63) is 34.1 Å². The fraction of sp³-hybridized carbons (Fsp3) is 0.500. The largest absolute Gasteiger partial charge is 0.391 e. The summed E-state index contributed by atoms with van der Waals surface area (Å²) in [5, 5.41) is 2.50. The molecule has 7 heteroatoms. The van der Waals surface area contributed by atoms with Gasteiger partial charge in [-0.25, -0.2) is 4.39 Å². The van der Waals surface area contributed by atoms with E-state index in [9.17, 15) is 22.4 Å². The Bertz CT molecular complexity index is 532. The molecule has 2 unspecified atom stereocenters. The molecule has 0 spiro atoms. The average molecular weight is 368 g/mol. The number of carbonyl (C=O) groups is 1. The molecule has 1 saturated carbocycles. The van der Waals surface area contributed by atoms with E-state index in [0.717, 1.165) is 6.07 Å². The zero-order chi connectivity index (χ0) is 15.6. The molecule has 0 saturated heterocycles. The number of nitrogens with one attached hydrogen (secondary N) is 1. The van der Waals surface area contributed by atoms with Gasteiger partial charge in [-0.1, -0.05) is 22.4 Å². The molecule has 1 aromatic rings. The first-order valence-corrected chi connectivity index (χ1v) is 7.39. The van der Waals surface area contributed by atoms with Gasteiger partial charge < -0.3 is 5.32 Å². The van der Waals surface area contributed by atoms with Crippen LogP contribution in [0.15, 0.2) is 22.7 Å². The second-order valence-electron chi connectivity index (χ2n) is 5.20. The normalized spacial score (nSPS) is 22.9. The smallest absolute Gasteiger partial charge is 0.349 e. The molecule has 116 valence electrons. The van der Waals surface area contributed by atoms with Gasteiger partial charge in [0.05, 0.1) is 11.5 Å². The van der Waals surface area contributed by atoms with E-state index in [0.29, 0.717) is 17.3 Å². The first-order chi connectivity index (χ1) is 9.77. The van der Waals surface area contributed by atoms with Crippen molar-refractivity contribution in [2.75, 3.05) is 0 Å². The predicted octanol–water partition coefficient (Wildman–Crippen LogP) is 4.44. The molecule has 2 atom stereocenters. The zero-order valence-corrected chi connectivity index (χ0v) is 12.6. The van der Waals surface area contributed by atoms with Crippen molar-refractivity contribution in [1.82, 2.24) is 5.32 Å². The van der Waals surface area contributed by atoms with Gasteiger partial charge in [-0.2, -0.15) is 13.2 Å². The van der Waals surface area contributed by atoms with Gasteiger partial charge in [0, 0.05) is 10.5 Å². The average Bonchev–Trinajstić information content (AvgIpc) is 2.37. The van der Waals surface area contributed by atoms with Crippen molar-refractivity contribution in [2.45, 2.75) is 37.9 Å². The molecule has 0 heterocycles. The molecule has 1 fully saturated rings. The van der Waals surface area contributed by atoms with Crippen LogP contribution >= 0.6 is 15.9 Å². The molecule has 2 nitrogen and oxygen atoms in total. The van der Waals surface area contributed by atoms with E-state index >= 15 is 0 Å². The Morgan fingerprint density at radius 1 is 1.29 bits per heavy atom. The van der Waals surface area contributed by atoms with Crippen LogP contribution in [-0.2, 0) is 0 Å². The number of halogens is 5. The SMILES string of the molecule is O=C(NC1CCCC(C(F)(F)F)C1)c1ccc(Br)cc1F. The number of hydrogen-bond acceptors (Lipinski definition) is 1. The van der Waals surface area contributed by atoms with Crippen LogP contribution in [0.3, 0.4) is 0 Å². The Hall–Kier alpha value is -1.11. The summed E-state index contributed by atoms with van der Waals surface area (Å²) in [6, 6.07) is 3.39. The van der Waals surface area contributed by atoms with E-state index in [4.69, 9.17) is 0 Å². The van der Waals surface area contributed by atoms with Gasteiger partial charge in [0.15, 0.2) is 0 Å². The molecule has 0 radical (unpaired) electrons. The minimum absolute atomic E-state index is 0.0858. The lowest BCUT2D eigenvalue weighted by molar-refractivity contribution is -0.183. The fourth-order valence-corrected chi connectivity index (χ4v) is 2.89. The minimum Gasteiger partial charge on any atom is -0.349 e. The van der Waals surface area contributed by atoms with E-state index in [-0.39, 0.29) is 18.4 Å². The molecule has 0 aliphatic heterocycles. The quantitative estimate of drug-likeness (QED) is 0.769. The van der Waals surface area contributed by atoms with Crippen molar-refractivity contribution < 1.29 is 22.4 Å². The molecule has 0 aromatic heterocycles. The third-order valence-corrected chi connectivity index (χ3v) is 4.14. The van der Waals surface area contributed by atoms with Gasteiger partial charge in [-0.3, -0.25) is 4.79 Å². The molecule has 1 N–H and O–H groups in total. The standard InChI is InChI=1S/C14H14BrF4NO/c15-9-4-5-11(12(16)7-9)13(21)20-10-3-1-2-8(6-10)14(17,18)19/h4-5,7-8,10H,1-3,6H2,(H,20,21). The third kappa shape index (κ3) is 4.18. The molecule has 2 rings (SSSR count). The van der Waals surface area contributed by atoms with Crippen molar-refractivity contribution in [3.63, 3.8) is 0 Å². The summed E-state index contributed by atoms with van der Waals surface area (Å²) in [6.07, 6.45) is -3.42. The number of carbonyl (C=O) groups excluding carboxylic acids is 1. The fourth-order valence-electron chi connectivity index (χ4n) is 2.55. The number of hydrogen-bond donors (Lipinski definition) is 1. The van der Waals surface area contributed by atoms with E-state index in [1.807, 2.05) is 0 Å². The summed E-state index contributed by atoms with van der Waals surface area (Å²) in [4.78, 5) is 12.0. The van der Waals surface area contributed by atoms with E-state index in [1.54, 1.807) is 0 Å². The number of benzene rings is 1. The molecule has 21 heavy (non-hydrogen) atoms. The van der Waals surface area contributed by atoms with Crippen LogP contribution in [0.1, 0.15) is 36.0 Å². The highest BCUT2D eigenvalue weighted by Gasteiger charge is 2.42. The van der Waals surface area contributed by atoms with E-state index in [2.05, 4.69) is 21.2 Å². The Morgan fingerprint density at radius 3 is 2.62 bits per heavy atom. The van der Waals surface area contributed by atoms with Crippen molar-refractivity contribution >= 4 is 21.8 Å².